The number of aromatic nitrogens is 2. The van der Waals surface area contributed by atoms with Crippen LogP contribution >= 0.6 is 0 Å². The van der Waals surface area contributed by atoms with Crippen molar-refractivity contribution < 1.29 is 27.1 Å². The molecule has 0 bridgehead atoms. The van der Waals surface area contributed by atoms with E-state index in [0.29, 0.717) is 37.7 Å². The van der Waals surface area contributed by atoms with E-state index in [1.54, 1.807) is 17.0 Å². The van der Waals surface area contributed by atoms with Gasteiger partial charge in [-0.05, 0) is 6.07 Å². The van der Waals surface area contributed by atoms with Gasteiger partial charge in [-0.3, -0.25) is 10.2 Å². The summed E-state index contributed by atoms with van der Waals surface area (Å²) >= 11 is 0. The van der Waals surface area contributed by atoms with Gasteiger partial charge in [-0.25, -0.2) is 4.99 Å². The summed E-state index contributed by atoms with van der Waals surface area (Å²) in [7, 11) is 0. The highest BCUT2D eigenvalue weighted by Gasteiger charge is 2.29. The van der Waals surface area contributed by atoms with Crippen molar-refractivity contribution in [3.8, 4) is 0 Å². The quantitative estimate of drug-likeness (QED) is 0.258. The second-order valence-corrected chi connectivity index (χ2v) is 8.84. The predicted octanol–water partition coefficient (Wildman–Crippen LogP) is 3.10. The van der Waals surface area contributed by atoms with Gasteiger partial charge in [-0.2, -0.15) is 13.2 Å². The first-order valence-electron chi connectivity index (χ1n) is 12.3. The number of amidine groups is 1. The number of carbonyl (C=O) groups is 1. The van der Waals surface area contributed by atoms with Gasteiger partial charge < -0.3 is 30.0 Å². The Balaban J connectivity index is 1.43. The third-order valence-corrected chi connectivity index (χ3v) is 6.04. The molecule has 4 N–H and O–H groups in total. The molecule has 0 radical (unpaired) electrons. The molecule has 11 nitrogen and oxygen atoms in total. The third-order valence-electron chi connectivity index (χ3n) is 6.04. The van der Waals surface area contributed by atoms with Gasteiger partial charge >= 0.3 is 12.2 Å². The summed E-state index contributed by atoms with van der Waals surface area (Å²) in [4.78, 5) is 19.4. The van der Waals surface area contributed by atoms with E-state index >= 15 is 0 Å². The van der Waals surface area contributed by atoms with E-state index in [1.807, 2.05) is 42.5 Å². The molecular weight excluding hydrogens is 529 g/mol. The molecule has 1 saturated heterocycles. The molecule has 208 valence electrons. The second-order valence-electron chi connectivity index (χ2n) is 8.84. The van der Waals surface area contributed by atoms with Gasteiger partial charge in [0.2, 0.25) is 6.17 Å². The van der Waals surface area contributed by atoms with Crippen LogP contribution in [0.5, 0.6) is 0 Å². The number of carbonyl (C=O) groups excluding carboxylic acids is 1. The largest absolute Gasteiger partial charge is 0.405 e. The van der Waals surface area contributed by atoms with Gasteiger partial charge in [0.15, 0.2) is 0 Å². The zero-order chi connectivity index (χ0) is 28.1. The number of fused-ring (bicyclic) bond motifs is 1. The lowest BCUT2D eigenvalue weighted by molar-refractivity contribution is -0.122. The number of benzene rings is 2. The molecule has 1 aromatic heterocycles. The van der Waals surface area contributed by atoms with Gasteiger partial charge in [0.1, 0.15) is 12.4 Å². The lowest BCUT2D eigenvalue weighted by Crippen LogP contribution is -2.41. The van der Waals surface area contributed by atoms with Gasteiger partial charge in [0, 0.05) is 30.4 Å². The van der Waals surface area contributed by atoms with Crippen molar-refractivity contribution >= 4 is 34.7 Å². The standard InChI is InChI=1S/C26H25F3N8O3/c27-26(28,29)15-31-14-18(21(30)37-10-12-39-13-11-37)24-35-36-25(40-24)34-22-23(38)32-19-9-5-4-8-17(19)20(33-22)16-6-2-1-3-7-16/h1-9,14,22,30-31H,10-13,15H2,(H,32,38)(H,34,36)/b18-14+,30-21?/t22-/m1/s1. The number of nitrogens with one attached hydrogen (secondary N) is 4. The van der Waals surface area contributed by atoms with Crippen molar-refractivity contribution in [1.29, 1.82) is 5.41 Å². The van der Waals surface area contributed by atoms with Crippen molar-refractivity contribution in [2.75, 3.05) is 43.5 Å². The number of rotatable bonds is 7. The number of para-hydroxylation sites is 1. The maximum Gasteiger partial charge on any atom is 0.405 e. The molecule has 3 heterocycles. The zero-order valence-corrected chi connectivity index (χ0v) is 21.0. The highest BCUT2D eigenvalue weighted by Crippen LogP contribution is 2.25. The first-order chi connectivity index (χ1) is 19.3. The summed E-state index contributed by atoms with van der Waals surface area (Å²) in [6.07, 6.45) is -4.63. The smallest absolute Gasteiger partial charge is 0.403 e. The Hall–Kier alpha value is -4.72. The summed E-state index contributed by atoms with van der Waals surface area (Å²) in [5.74, 6) is -0.805. The van der Waals surface area contributed by atoms with Crippen molar-refractivity contribution in [3.05, 3.63) is 77.8 Å². The molecule has 0 unspecified atom stereocenters. The molecule has 40 heavy (non-hydrogen) atoms. The van der Waals surface area contributed by atoms with E-state index in [1.165, 1.54) is 0 Å². The number of hydrogen-bond donors (Lipinski definition) is 4. The SMILES string of the molecule is N=C(/C(=C\NCC(F)(F)F)c1nnc(N[C@H]2N=C(c3ccccc3)c3ccccc3NC2=O)o1)N1CCOCC1. The van der Waals surface area contributed by atoms with Crippen molar-refractivity contribution in [1.82, 2.24) is 20.4 Å². The number of alkyl halides is 3. The average Bonchev–Trinajstić information content (AvgIpc) is 3.36. The number of ether oxygens (including phenoxy) is 1. The fourth-order valence-corrected chi connectivity index (χ4v) is 4.15. The number of benzodiazepines with no additional fused rings is 1. The van der Waals surface area contributed by atoms with E-state index < -0.39 is 24.8 Å². The number of hydrogen-bond acceptors (Lipinski definition) is 9. The van der Waals surface area contributed by atoms with E-state index in [4.69, 9.17) is 14.6 Å². The Morgan fingerprint density at radius 1 is 1.10 bits per heavy atom. The molecule has 2 aromatic carbocycles. The van der Waals surface area contributed by atoms with Gasteiger partial charge in [0.05, 0.1) is 30.2 Å². The van der Waals surface area contributed by atoms with Crippen LogP contribution in [0, 0.1) is 5.41 Å². The Bertz CT molecular complexity index is 1430. The number of morpholine rings is 1. The normalized spacial score (nSPS) is 17.8. The molecule has 3 aromatic rings. The molecular formula is C26H25F3N8O3. The Morgan fingerprint density at radius 3 is 2.58 bits per heavy atom. The van der Waals surface area contributed by atoms with Crippen LogP contribution in [0.2, 0.25) is 0 Å². The molecule has 1 amide bonds. The lowest BCUT2D eigenvalue weighted by Gasteiger charge is -2.29. The van der Waals surface area contributed by atoms with Crippen LogP contribution in [-0.4, -0.2) is 77.7 Å². The maximum absolute atomic E-state index is 13.1. The van der Waals surface area contributed by atoms with Crippen LogP contribution in [0.25, 0.3) is 5.57 Å². The Morgan fingerprint density at radius 2 is 1.82 bits per heavy atom. The fourth-order valence-electron chi connectivity index (χ4n) is 4.15. The molecule has 0 aliphatic carbocycles. The minimum Gasteiger partial charge on any atom is -0.403 e. The van der Waals surface area contributed by atoms with Crippen LogP contribution in [0.3, 0.4) is 0 Å². The molecule has 5 rings (SSSR count). The second kappa shape index (κ2) is 11.6. The van der Waals surface area contributed by atoms with Gasteiger partial charge in [-0.15, -0.1) is 5.10 Å². The third kappa shape index (κ3) is 6.29. The molecule has 1 atom stereocenters. The summed E-state index contributed by atoms with van der Waals surface area (Å²) in [6, 6.07) is 16.4. The molecule has 2 aliphatic rings. The van der Waals surface area contributed by atoms with E-state index in [-0.39, 0.29) is 23.3 Å². The van der Waals surface area contributed by atoms with Crippen LogP contribution in [0.4, 0.5) is 24.9 Å². The monoisotopic (exact) mass is 554 g/mol. The zero-order valence-electron chi connectivity index (χ0n) is 21.0. The van der Waals surface area contributed by atoms with Gasteiger partial charge in [0.25, 0.3) is 11.8 Å². The van der Waals surface area contributed by atoms with E-state index in [9.17, 15) is 18.0 Å². The van der Waals surface area contributed by atoms with Crippen molar-refractivity contribution in [3.63, 3.8) is 0 Å². The molecule has 0 saturated carbocycles. The van der Waals surface area contributed by atoms with Crippen molar-refractivity contribution in [2.45, 2.75) is 12.3 Å². The van der Waals surface area contributed by atoms with Crippen LogP contribution in [-0.2, 0) is 9.53 Å². The summed E-state index contributed by atoms with van der Waals surface area (Å²) in [6.45, 7) is 0.154. The first kappa shape index (κ1) is 26.9. The number of halogens is 3. The Labute approximate surface area is 226 Å². The lowest BCUT2D eigenvalue weighted by atomic mass is 10.0. The Kier molecular flexibility index (Phi) is 7.77. The van der Waals surface area contributed by atoms with Crippen LogP contribution in [0.15, 0.2) is 70.2 Å². The minimum atomic E-state index is -4.47. The number of amides is 1. The first-order valence-corrected chi connectivity index (χ1v) is 12.3. The van der Waals surface area contributed by atoms with E-state index in [0.717, 1.165) is 17.3 Å². The number of anilines is 2. The summed E-state index contributed by atoms with van der Waals surface area (Å²) < 4.78 is 49.3. The summed E-state index contributed by atoms with van der Waals surface area (Å²) in [5, 5.41) is 24.2. The summed E-state index contributed by atoms with van der Waals surface area (Å²) in [5.41, 5.74) is 2.59. The van der Waals surface area contributed by atoms with E-state index in [2.05, 4.69) is 31.1 Å². The minimum absolute atomic E-state index is 0.0436. The number of nitrogens with zero attached hydrogens (tertiary/aromatic N) is 4. The predicted molar refractivity (Wildman–Crippen MR) is 141 cm³/mol. The fraction of sp³-hybridized carbons (Fsp3) is 0.269. The van der Waals surface area contributed by atoms with Gasteiger partial charge in [-0.1, -0.05) is 53.6 Å². The highest BCUT2D eigenvalue weighted by atomic mass is 19.4. The molecule has 2 aliphatic heterocycles. The molecule has 1 fully saturated rings. The highest BCUT2D eigenvalue weighted by molar-refractivity contribution is 6.20. The number of aliphatic imine (C=N–C) groups is 1. The molecule has 14 heteroatoms. The van der Waals surface area contributed by atoms with Crippen LogP contribution < -0.4 is 16.0 Å². The maximum atomic E-state index is 13.1. The molecule has 0 spiro atoms. The van der Waals surface area contributed by atoms with Crippen molar-refractivity contribution in [2.24, 2.45) is 4.99 Å². The topological polar surface area (TPSA) is 141 Å². The van der Waals surface area contributed by atoms with Crippen LogP contribution in [0.1, 0.15) is 17.0 Å². The average molecular weight is 555 g/mol.